The van der Waals surface area contributed by atoms with Crippen molar-refractivity contribution in [3.63, 3.8) is 0 Å². The number of rotatable bonds is 20. The molecule has 0 aliphatic heterocycles. The molecule has 0 saturated heterocycles. The van der Waals surface area contributed by atoms with Crippen molar-refractivity contribution in [2.75, 3.05) is 27.4 Å². The molecule has 0 rings (SSSR count). The summed E-state index contributed by atoms with van der Waals surface area (Å²) in [6, 6.07) is 0.626. The maximum atomic E-state index is 5.85. The molecule has 0 N–H and O–H groups in total. The quantitative estimate of drug-likeness (QED) is 0.162. The molecule has 0 aromatic rings. The molecule has 0 aliphatic rings. The second-order valence-corrected chi connectivity index (χ2v) is 9.21. The molecule has 0 amide bonds. The first-order valence-electron chi connectivity index (χ1n) is 11.9. The monoisotopic (exact) mass is 405 g/mol. The maximum absolute atomic E-state index is 5.85. The molecule has 3 heteroatoms. The molecular formula is C24H52ClNO. The molecule has 0 aliphatic carbocycles. The van der Waals surface area contributed by atoms with E-state index in [2.05, 4.69) is 34.9 Å². The van der Waals surface area contributed by atoms with Gasteiger partial charge in [0.15, 0.2) is 6.73 Å². The van der Waals surface area contributed by atoms with Gasteiger partial charge in [-0.2, -0.15) is 0 Å². The maximum Gasteiger partial charge on any atom is 0.182 e. The predicted molar refractivity (Wildman–Crippen MR) is 118 cm³/mol. The van der Waals surface area contributed by atoms with Crippen molar-refractivity contribution in [3.05, 3.63) is 0 Å². The minimum atomic E-state index is 0. The van der Waals surface area contributed by atoms with Crippen molar-refractivity contribution in [2.24, 2.45) is 0 Å². The lowest BCUT2D eigenvalue weighted by Crippen LogP contribution is -3.00. The van der Waals surface area contributed by atoms with Gasteiger partial charge in [-0.1, -0.05) is 103 Å². The van der Waals surface area contributed by atoms with Gasteiger partial charge in [0.05, 0.1) is 26.7 Å². The topological polar surface area (TPSA) is 9.23 Å². The van der Waals surface area contributed by atoms with Gasteiger partial charge < -0.3 is 21.6 Å². The van der Waals surface area contributed by atoms with Crippen LogP contribution < -0.4 is 12.4 Å². The number of quaternary nitrogens is 1. The number of hydrogen-bond acceptors (Lipinski definition) is 1. The molecule has 166 valence electrons. The van der Waals surface area contributed by atoms with Gasteiger partial charge in [0.1, 0.15) is 0 Å². The first-order chi connectivity index (χ1) is 12.5. The Morgan fingerprint density at radius 3 is 1.26 bits per heavy atom. The van der Waals surface area contributed by atoms with Gasteiger partial charge in [-0.25, -0.2) is 0 Å². The van der Waals surface area contributed by atoms with Gasteiger partial charge >= 0.3 is 0 Å². The van der Waals surface area contributed by atoms with Crippen molar-refractivity contribution in [2.45, 2.75) is 130 Å². The van der Waals surface area contributed by atoms with E-state index >= 15 is 0 Å². The molecule has 0 bridgehead atoms. The van der Waals surface area contributed by atoms with Gasteiger partial charge in [0.2, 0.25) is 0 Å². The standard InChI is InChI=1S/C24H52NO.ClH/c1-6-7-8-9-10-11-12-13-14-15-16-17-18-19-20-21-22-26-23-25(4,5)24(2)3;/h24H,6-23H2,1-5H3;1H/q+1;/p-1. The summed E-state index contributed by atoms with van der Waals surface area (Å²) in [5.41, 5.74) is 0. The van der Waals surface area contributed by atoms with Gasteiger partial charge in [-0.3, -0.25) is 0 Å². The van der Waals surface area contributed by atoms with Gasteiger partial charge in [0.25, 0.3) is 0 Å². The number of unbranched alkanes of at least 4 members (excludes halogenated alkanes) is 15. The second-order valence-electron chi connectivity index (χ2n) is 9.21. The average molecular weight is 406 g/mol. The SMILES string of the molecule is CCCCCCCCCCCCCCCCCCOC[N+](C)(C)C(C)C.[Cl-]. The van der Waals surface area contributed by atoms with Crippen LogP contribution >= 0.6 is 0 Å². The number of nitrogens with zero attached hydrogens (tertiary/aromatic N) is 1. The summed E-state index contributed by atoms with van der Waals surface area (Å²) in [6.07, 6.45) is 22.8. The van der Waals surface area contributed by atoms with Crippen LogP contribution in [-0.4, -0.2) is 38.0 Å². The molecular weight excluding hydrogens is 354 g/mol. The zero-order chi connectivity index (χ0) is 19.5. The first kappa shape index (κ1) is 29.4. The van der Waals surface area contributed by atoms with Crippen molar-refractivity contribution < 1.29 is 21.6 Å². The van der Waals surface area contributed by atoms with E-state index in [1.807, 2.05) is 0 Å². The Labute approximate surface area is 178 Å². The van der Waals surface area contributed by atoms with E-state index in [4.69, 9.17) is 4.74 Å². The van der Waals surface area contributed by atoms with Crippen LogP contribution in [0.5, 0.6) is 0 Å². The number of halogens is 1. The average Bonchev–Trinajstić information content (AvgIpc) is 2.60. The molecule has 27 heavy (non-hydrogen) atoms. The lowest BCUT2D eigenvalue weighted by atomic mass is 10.0. The summed E-state index contributed by atoms with van der Waals surface area (Å²) in [7, 11) is 4.50. The van der Waals surface area contributed by atoms with E-state index in [-0.39, 0.29) is 12.4 Å². The highest BCUT2D eigenvalue weighted by molar-refractivity contribution is 4.50. The zero-order valence-corrected chi connectivity index (χ0v) is 20.3. The number of ether oxygens (including phenoxy) is 1. The van der Waals surface area contributed by atoms with Crippen LogP contribution in [-0.2, 0) is 4.74 Å². The minimum absolute atomic E-state index is 0. The number of hydrogen-bond donors (Lipinski definition) is 0. The van der Waals surface area contributed by atoms with E-state index in [0.29, 0.717) is 6.04 Å². The van der Waals surface area contributed by atoms with Crippen LogP contribution in [0.1, 0.15) is 124 Å². The predicted octanol–water partition coefficient (Wildman–Crippen LogP) is 4.71. The fourth-order valence-corrected chi connectivity index (χ4v) is 3.20. The molecule has 0 saturated carbocycles. The Balaban J connectivity index is 0. The third kappa shape index (κ3) is 20.7. The first-order valence-corrected chi connectivity index (χ1v) is 11.9. The Morgan fingerprint density at radius 2 is 0.926 bits per heavy atom. The van der Waals surface area contributed by atoms with Crippen LogP contribution in [0.15, 0.2) is 0 Å². The lowest BCUT2D eigenvalue weighted by Gasteiger charge is -2.33. The molecule has 0 heterocycles. The van der Waals surface area contributed by atoms with Gasteiger partial charge in [0, 0.05) is 0 Å². The molecule has 0 spiro atoms. The zero-order valence-electron chi connectivity index (χ0n) is 19.5. The highest BCUT2D eigenvalue weighted by Crippen LogP contribution is 2.14. The van der Waals surface area contributed by atoms with Crippen molar-refractivity contribution >= 4 is 0 Å². The smallest absolute Gasteiger partial charge is 0.182 e. The largest absolute Gasteiger partial charge is 1.00 e. The van der Waals surface area contributed by atoms with Crippen LogP contribution in [0.25, 0.3) is 0 Å². The Morgan fingerprint density at radius 1 is 0.593 bits per heavy atom. The minimum Gasteiger partial charge on any atom is -1.00 e. The van der Waals surface area contributed by atoms with E-state index in [0.717, 1.165) is 17.8 Å². The van der Waals surface area contributed by atoms with Crippen molar-refractivity contribution in [1.29, 1.82) is 0 Å². The van der Waals surface area contributed by atoms with Crippen molar-refractivity contribution in [3.8, 4) is 0 Å². The molecule has 0 aromatic heterocycles. The Bertz CT molecular complexity index is 282. The molecule has 0 atom stereocenters. The summed E-state index contributed by atoms with van der Waals surface area (Å²) >= 11 is 0. The van der Waals surface area contributed by atoms with Gasteiger partial charge in [-0.05, 0) is 20.3 Å². The normalized spacial score (nSPS) is 11.8. The molecule has 0 aromatic carbocycles. The van der Waals surface area contributed by atoms with E-state index in [9.17, 15) is 0 Å². The Kier molecular flexibility index (Phi) is 22.8. The molecule has 0 unspecified atom stereocenters. The lowest BCUT2D eigenvalue weighted by molar-refractivity contribution is -0.929. The van der Waals surface area contributed by atoms with Crippen LogP contribution in [0.3, 0.4) is 0 Å². The van der Waals surface area contributed by atoms with Crippen LogP contribution in [0.4, 0.5) is 0 Å². The second kappa shape index (κ2) is 20.9. The van der Waals surface area contributed by atoms with Gasteiger partial charge in [-0.15, -0.1) is 0 Å². The third-order valence-corrected chi connectivity index (χ3v) is 5.96. The molecule has 2 nitrogen and oxygen atoms in total. The summed E-state index contributed by atoms with van der Waals surface area (Å²) in [5, 5.41) is 0. The summed E-state index contributed by atoms with van der Waals surface area (Å²) in [5.74, 6) is 0. The summed E-state index contributed by atoms with van der Waals surface area (Å²) in [4.78, 5) is 0. The van der Waals surface area contributed by atoms with Crippen molar-refractivity contribution in [1.82, 2.24) is 0 Å². The summed E-state index contributed by atoms with van der Waals surface area (Å²) in [6.45, 7) is 8.60. The fourth-order valence-electron chi connectivity index (χ4n) is 3.20. The highest BCUT2D eigenvalue weighted by atomic mass is 35.5. The highest BCUT2D eigenvalue weighted by Gasteiger charge is 2.18. The summed E-state index contributed by atoms with van der Waals surface area (Å²) < 4.78 is 6.81. The van der Waals surface area contributed by atoms with Crippen LogP contribution in [0.2, 0.25) is 0 Å². The third-order valence-electron chi connectivity index (χ3n) is 5.96. The Hall–Kier alpha value is 0.210. The molecule has 0 radical (unpaired) electrons. The van der Waals surface area contributed by atoms with E-state index in [1.54, 1.807) is 0 Å². The fraction of sp³-hybridized carbons (Fsp3) is 1.00. The van der Waals surface area contributed by atoms with E-state index in [1.165, 1.54) is 103 Å². The van der Waals surface area contributed by atoms with E-state index < -0.39 is 0 Å². The van der Waals surface area contributed by atoms with Crippen LogP contribution in [0, 0.1) is 0 Å². The molecule has 0 fully saturated rings.